The molecule has 0 aromatic heterocycles. The van der Waals surface area contributed by atoms with Crippen LogP contribution in [0.1, 0.15) is 144 Å². The third-order valence-corrected chi connectivity index (χ3v) is 6.27. The molecular formula is C26H51NO2. The van der Waals surface area contributed by atoms with E-state index >= 15 is 0 Å². The fourth-order valence-corrected chi connectivity index (χ4v) is 4.61. The number of likely N-dealkylation sites (tertiary alicyclic amines) is 1. The molecule has 1 rings (SSSR count). The molecule has 1 aliphatic heterocycles. The molecule has 2 atom stereocenters. The Labute approximate surface area is 182 Å². The summed E-state index contributed by atoms with van der Waals surface area (Å²) in [6.45, 7) is 10.3. The standard InChI is InChI=1S/C26H51NO2/c1-6-7-8-9-10-11-12-13-14-15-16-17-18-21-24-22-19-20-23(2)27(24)25(28)29-26(3,4)5/h23-24H,6-22H2,1-5H3/t23-,24+/m0/s1. The van der Waals surface area contributed by atoms with E-state index in [1.165, 1.54) is 89.9 Å². The molecule has 1 fully saturated rings. The maximum Gasteiger partial charge on any atom is 0.410 e. The molecule has 0 saturated carbocycles. The molecule has 172 valence electrons. The molecular weight excluding hydrogens is 358 g/mol. The van der Waals surface area contributed by atoms with Gasteiger partial charge in [-0.25, -0.2) is 4.79 Å². The predicted molar refractivity (Wildman–Crippen MR) is 125 cm³/mol. The lowest BCUT2D eigenvalue weighted by molar-refractivity contribution is -0.00430. The fraction of sp³-hybridized carbons (Fsp3) is 0.962. The molecule has 3 heteroatoms. The quantitative estimate of drug-likeness (QED) is 0.269. The molecule has 0 aromatic carbocycles. The molecule has 1 heterocycles. The monoisotopic (exact) mass is 409 g/mol. The van der Waals surface area contributed by atoms with Gasteiger partial charge in [-0.3, -0.25) is 0 Å². The third kappa shape index (κ3) is 12.5. The van der Waals surface area contributed by atoms with E-state index < -0.39 is 5.60 Å². The van der Waals surface area contributed by atoms with Gasteiger partial charge in [-0.2, -0.15) is 0 Å². The first-order valence-corrected chi connectivity index (χ1v) is 12.9. The summed E-state index contributed by atoms with van der Waals surface area (Å²) in [6.07, 6.45) is 22.6. The summed E-state index contributed by atoms with van der Waals surface area (Å²) in [6, 6.07) is 0.687. The van der Waals surface area contributed by atoms with E-state index in [1.807, 2.05) is 20.8 Å². The second-order valence-electron chi connectivity index (χ2n) is 10.4. The van der Waals surface area contributed by atoms with E-state index in [0.717, 1.165) is 19.3 Å². The SMILES string of the molecule is CCCCCCCCCCCCCCC[C@@H]1CCC[C@H](C)N1C(=O)OC(C)(C)C. The van der Waals surface area contributed by atoms with Crippen LogP contribution in [0.3, 0.4) is 0 Å². The minimum Gasteiger partial charge on any atom is -0.444 e. The second kappa shape index (κ2) is 15.1. The maximum absolute atomic E-state index is 12.7. The van der Waals surface area contributed by atoms with E-state index in [2.05, 4.69) is 18.7 Å². The predicted octanol–water partition coefficient (Wildman–Crippen LogP) is 8.65. The molecule has 1 aliphatic rings. The molecule has 0 aromatic rings. The highest BCUT2D eigenvalue weighted by molar-refractivity contribution is 5.69. The Morgan fingerprint density at radius 3 is 1.79 bits per heavy atom. The van der Waals surface area contributed by atoms with E-state index in [4.69, 9.17) is 4.74 Å². The van der Waals surface area contributed by atoms with Gasteiger partial charge in [0, 0.05) is 12.1 Å². The molecule has 29 heavy (non-hydrogen) atoms. The van der Waals surface area contributed by atoms with E-state index in [-0.39, 0.29) is 6.09 Å². The van der Waals surface area contributed by atoms with Crippen LogP contribution in [0.2, 0.25) is 0 Å². The number of hydrogen-bond donors (Lipinski definition) is 0. The van der Waals surface area contributed by atoms with E-state index in [1.54, 1.807) is 0 Å². The number of amides is 1. The average molecular weight is 410 g/mol. The number of rotatable bonds is 14. The molecule has 0 N–H and O–H groups in total. The molecule has 0 spiro atoms. The topological polar surface area (TPSA) is 29.5 Å². The van der Waals surface area contributed by atoms with Crippen LogP contribution in [0, 0.1) is 0 Å². The summed E-state index contributed by atoms with van der Waals surface area (Å²) in [4.78, 5) is 14.7. The van der Waals surface area contributed by atoms with Crippen LogP contribution in [0.5, 0.6) is 0 Å². The van der Waals surface area contributed by atoms with Crippen molar-refractivity contribution in [2.75, 3.05) is 0 Å². The van der Waals surface area contributed by atoms with Crippen molar-refractivity contribution < 1.29 is 9.53 Å². The number of ether oxygens (including phenoxy) is 1. The molecule has 0 radical (unpaired) electrons. The van der Waals surface area contributed by atoms with Gasteiger partial charge in [-0.1, -0.05) is 90.4 Å². The van der Waals surface area contributed by atoms with Crippen molar-refractivity contribution in [3.05, 3.63) is 0 Å². The van der Waals surface area contributed by atoms with E-state index in [0.29, 0.717) is 12.1 Å². The molecule has 3 nitrogen and oxygen atoms in total. The highest BCUT2D eigenvalue weighted by Gasteiger charge is 2.34. The largest absolute Gasteiger partial charge is 0.444 e. The Hall–Kier alpha value is -0.730. The van der Waals surface area contributed by atoms with Crippen LogP contribution < -0.4 is 0 Å². The minimum atomic E-state index is -0.408. The Balaban J connectivity index is 2.10. The van der Waals surface area contributed by atoms with Crippen molar-refractivity contribution in [2.45, 2.75) is 161 Å². The summed E-state index contributed by atoms with van der Waals surface area (Å²) in [7, 11) is 0. The normalized spacial score (nSPS) is 20.1. The maximum atomic E-state index is 12.7. The van der Waals surface area contributed by atoms with Crippen LogP contribution >= 0.6 is 0 Å². The highest BCUT2D eigenvalue weighted by atomic mass is 16.6. The molecule has 0 unspecified atom stereocenters. The first-order chi connectivity index (χ1) is 13.8. The minimum absolute atomic E-state index is 0.107. The van der Waals surface area contributed by atoms with Crippen molar-refractivity contribution >= 4 is 6.09 Å². The molecule has 1 saturated heterocycles. The molecule has 0 aliphatic carbocycles. The Morgan fingerprint density at radius 1 is 0.828 bits per heavy atom. The number of nitrogens with zero attached hydrogens (tertiary/aromatic N) is 1. The average Bonchev–Trinajstić information content (AvgIpc) is 2.64. The van der Waals surface area contributed by atoms with Gasteiger partial charge in [0.25, 0.3) is 0 Å². The van der Waals surface area contributed by atoms with Crippen LogP contribution in [0.15, 0.2) is 0 Å². The van der Waals surface area contributed by atoms with Crippen molar-refractivity contribution in [3.63, 3.8) is 0 Å². The summed E-state index contributed by atoms with van der Waals surface area (Å²) in [5.74, 6) is 0. The lowest BCUT2D eigenvalue weighted by Crippen LogP contribution is -2.50. The number of carbonyl (C=O) groups excluding carboxylic acids is 1. The summed E-state index contributed by atoms with van der Waals surface area (Å²) < 4.78 is 5.68. The van der Waals surface area contributed by atoms with Crippen molar-refractivity contribution in [1.82, 2.24) is 4.90 Å². The van der Waals surface area contributed by atoms with Gasteiger partial charge < -0.3 is 9.64 Å². The fourth-order valence-electron chi connectivity index (χ4n) is 4.61. The Bertz CT molecular complexity index is 415. The van der Waals surface area contributed by atoms with Crippen LogP contribution in [-0.2, 0) is 4.74 Å². The number of carbonyl (C=O) groups is 1. The number of unbranched alkanes of at least 4 members (excludes halogenated alkanes) is 12. The summed E-state index contributed by atoms with van der Waals surface area (Å²) in [5.41, 5.74) is -0.408. The molecule has 0 bridgehead atoms. The van der Waals surface area contributed by atoms with Gasteiger partial charge in [-0.05, 0) is 53.4 Å². The Morgan fingerprint density at radius 2 is 1.31 bits per heavy atom. The van der Waals surface area contributed by atoms with E-state index in [9.17, 15) is 4.79 Å². The number of piperidine rings is 1. The van der Waals surface area contributed by atoms with Gasteiger partial charge in [0.2, 0.25) is 0 Å². The first-order valence-electron chi connectivity index (χ1n) is 12.9. The third-order valence-electron chi connectivity index (χ3n) is 6.27. The lowest BCUT2D eigenvalue weighted by atomic mass is 9.93. The number of hydrogen-bond acceptors (Lipinski definition) is 2. The highest BCUT2D eigenvalue weighted by Crippen LogP contribution is 2.28. The van der Waals surface area contributed by atoms with Gasteiger partial charge >= 0.3 is 6.09 Å². The summed E-state index contributed by atoms with van der Waals surface area (Å²) >= 11 is 0. The summed E-state index contributed by atoms with van der Waals surface area (Å²) in [5, 5.41) is 0. The smallest absolute Gasteiger partial charge is 0.410 e. The zero-order valence-corrected chi connectivity index (χ0v) is 20.4. The zero-order chi connectivity index (χ0) is 21.5. The van der Waals surface area contributed by atoms with Crippen LogP contribution in [-0.4, -0.2) is 28.7 Å². The molecule has 1 amide bonds. The van der Waals surface area contributed by atoms with Crippen molar-refractivity contribution in [2.24, 2.45) is 0 Å². The van der Waals surface area contributed by atoms with Crippen molar-refractivity contribution in [1.29, 1.82) is 0 Å². The van der Waals surface area contributed by atoms with Gasteiger partial charge in [0.1, 0.15) is 5.60 Å². The van der Waals surface area contributed by atoms with Gasteiger partial charge in [-0.15, -0.1) is 0 Å². The Kier molecular flexibility index (Phi) is 13.7. The van der Waals surface area contributed by atoms with Crippen molar-refractivity contribution in [3.8, 4) is 0 Å². The first kappa shape index (κ1) is 26.3. The van der Waals surface area contributed by atoms with Gasteiger partial charge in [0.15, 0.2) is 0 Å². The van der Waals surface area contributed by atoms with Crippen LogP contribution in [0.25, 0.3) is 0 Å². The second-order valence-corrected chi connectivity index (χ2v) is 10.4. The zero-order valence-electron chi connectivity index (χ0n) is 20.4. The van der Waals surface area contributed by atoms with Gasteiger partial charge in [0.05, 0.1) is 0 Å². The van der Waals surface area contributed by atoms with Crippen LogP contribution in [0.4, 0.5) is 4.79 Å². The lowest BCUT2D eigenvalue weighted by Gasteiger charge is -2.41.